The molecule has 0 aliphatic rings. The molecule has 0 spiro atoms. The number of aryl methyl sites for hydroxylation is 1. The Bertz CT molecular complexity index is 1470. The highest BCUT2D eigenvalue weighted by molar-refractivity contribution is 5.80. The number of nitriles is 1. The van der Waals surface area contributed by atoms with E-state index in [1.54, 1.807) is 26.1 Å². The smallest absolute Gasteiger partial charge is 0.274 e. The highest BCUT2D eigenvalue weighted by Crippen LogP contribution is 2.38. The Balaban J connectivity index is 1.83. The number of halogens is 3. The fraction of sp³-hybridized carbons (Fsp3) is 0.143. The summed E-state index contributed by atoms with van der Waals surface area (Å²) in [6.45, 7) is 4.97. The van der Waals surface area contributed by atoms with Gasteiger partial charge in [-0.2, -0.15) is 28.8 Å². The summed E-state index contributed by atoms with van der Waals surface area (Å²) in [6.07, 6.45) is 4.31. The standard InChI is InChI=1S/C21H15F3N8/c1-12(4-5-13(10-25)26-2)16-8-9-18-27-28-20(32(18)30-16)21(23,24)15-6-7-17-14(19(15)22)11-31(3)29-17/h4-9,11H,2H2,1,3H3/b12-4+,13-5-. The monoisotopic (exact) mass is 436 g/mol. The number of fused-ring (bicyclic) bond motifs is 2. The van der Waals surface area contributed by atoms with Crippen LogP contribution in [0.25, 0.3) is 22.1 Å². The zero-order chi connectivity index (χ0) is 23.0. The Kier molecular flexibility index (Phi) is 5.06. The predicted molar refractivity (Wildman–Crippen MR) is 111 cm³/mol. The Morgan fingerprint density at radius 3 is 2.69 bits per heavy atom. The van der Waals surface area contributed by atoms with Crippen molar-refractivity contribution < 1.29 is 13.2 Å². The van der Waals surface area contributed by atoms with E-state index in [2.05, 4.69) is 32.1 Å². The van der Waals surface area contributed by atoms with Crippen molar-refractivity contribution in [3.8, 4) is 6.07 Å². The van der Waals surface area contributed by atoms with Gasteiger partial charge in [0.15, 0.2) is 5.65 Å². The van der Waals surface area contributed by atoms with Gasteiger partial charge in [-0.05, 0) is 49.6 Å². The second kappa shape index (κ2) is 7.73. The molecule has 1 aromatic carbocycles. The van der Waals surface area contributed by atoms with Crippen LogP contribution in [0.2, 0.25) is 0 Å². The van der Waals surface area contributed by atoms with Crippen molar-refractivity contribution in [2.45, 2.75) is 12.8 Å². The molecular formula is C21H15F3N8. The topological polar surface area (TPSA) is 97.0 Å². The Hall–Kier alpha value is -4.33. The summed E-state index contributed by atoms with van der Waals surface area (Å²) >= 11 is 0. The number of allylic oxidation sites excluding steroid dienone is 4. The van der Waals surface area contributed by atoms with Crippen molar-refractivity contribution >= 4 is 28.8 Å². The average Bonchev–Trinajstić information content (AvgIpc) is 3.37. The Morgan fingerprint density at radius 2 is 1.97 bits per heavy atom. The van der Waals surface area contributed by atoms with Crippen molar-refractivity contribution in [2.75, 3.05) is 0 Å². The van der Waals surface area contributed by atoms with Crippen LogP contribution in [0.15, 0.2) is 53.3 Å². The highest BCUT2D eigenvalue weighted by atomic mass is 19.3. The number of nitrogens with zero attached hydrogens (tertiary/aromatic N) is 8. The van der Waals surface area contributed by atoms with Gasteiger partial charge >= 0.3 is 5.92 Å². The van der Waals surface area contributed by atoms with Gasteiger partial charge < -0.3 is 0 Å². The minimum absolute atomic E-state index is 0.0261. The lowest BCUT2D eigenvalue weighted by Gasteiger charge is -2.15. The lowest BCUT2D eigenvalue weighted by molar-refractivity contribution is 0.0271. The molecule has 0 N–H and O–H groups in total. The molecule has 4 aromatic rings. The second-order valence-electron chi connectivity index (χ2n) is 6.92. The number of aliphatic imine (C=N–C) groups is 1. The van der Waals surface area contributed by atoms with Gasteiger partial charge in [0.05, 0.1) is 22.2 Å². The van der Waals surface area contributed by atoms with E-state index in [9.17, 15) is 4.39 Å². The SMILES string of the molecule is C=N/C(C#N)=C\C=C(/C)c1ccc2nnc(C(F)(F)c3ccc4nn(C)cc4c3F)n2n1. The first-order valence-corrected chi connectivity index (χ1v) is 9.25. The normalized spacial score (nSPS) is 13.0. The number of rotatable bonds is 5. The third-order valence-corrected chi connectivity index (χ3v) is 4.80. The largest absolute Gasteiger partial charge is 0.336 e. The number of aromatic nitrogens is 6. The van der Waals surface area contributed by atoms with Gasteiger partial charge in [-0.15, -0.1) is 10.2 Å². The number of hydrogen-bond acceptors (Lipinski definition) is 6. The van der Waals surface area contributed by atoms with Gasteiger partial charge in [0, 0.05) is 13.2 Å². The quantitative estimate of drug-likeness (QED) is 0.269. The molecule has 11 heteroatoms. The second-order valence-corrected chi connectivity index (χ2v) is 6.92. The third kappa shape index (κ3) is 3.41. The number of benzene rings is 1. The van der Waals surface area contributed by atoms with E-state index in [-0.39, 0.29) is 22.2 Å². The summed E-state index contributed by atoms with van der Waals surface area (Å²) in [5, 5.41) is 24.4. The molecule has 0 saturated carbocycles. The molecule has 0 saturated heterocycles. The minimum atomic E-state index is -3.82. The maximum absolute atomic E-state index is 15.4. The van der Waals surface area contributed by atoms with Crippen molar-refractivity contribution in [1.82, 2.24) is 29.6 Å². The summed E-state index contributed by atoms with van der Waals surface area (Å²) in [5.41, 5.74) is 0.453. The summed E-state index contributed by atoms with van der Waals surface area (Å²) in [5.74, 6) is -5.74. The van der Waals surface area contributed by atoms with E-state index in [4.69, 9.17) is 5.26 Å². The number of hydrogen-bond donors (Lipinski definition) is 0. The maximum atomic E-state index is 15.4. The lowest BCUT2D eigenvalue weighted by atomic mass is 10.0. The third-order valence-electron chi connectivity index (χ3n) is 4.80. The zero-order valence-corrected chi connectivity index (χ0v) is 17.0. The molecule has 8 nitrogen and oxygen atoms in total. The Morgan fingerprint density at radius 1 is 1.19 bits per heavy atom. The van der Waals surface area contributed by atoms with Crippen LogP contribution in [0.1, 0.15) is 24.0 Å². The van der Waals surface area contributed by atoms with E-state index < -0.39 is 23.1 Å². The van der Waals surface area contributed by atoms with E-state index in [0.717, 1.165) is 10.6 Å². The van der Waals surface area contributed by atoms with Gasteiger partial charge in [-0.1, -0.05) is 6.08 Å². The van der Waals surface area contributed by atoms with E-state index in [1.807, 2.05) is 6.07 Å². The first-order chi connectivity index (χ1) is 15.3. The van der Waals surface area contributed by atoms with Crippen LogP contribution >= 0.6 is 0 Å². The van der Waals surface area contributed by atoms with Crippen LogP contribution in [0.4, 0.5) is 13.2 Å². The Labute approximate surface area is 179 Å². The van der Waals surface area contributed by atoms with Gasteiger partial charge in [-0.25, -0.2) is 4.39 Å². The van der Waals surface area contributed by atoms with Crippen LogP contribution in [-0.2, 0) is 13.0 Å². The zero-order valence-electron chi connectivity index (χ0n) is 17.0. The summed E-state index contributed by atoms with van der Waals surface area (Å²) in [7, 11) is 1.57. The highest BCUT2D eigenvalue weighted by Gasteiger charge is 2.43. The predicted octanol–water partition coefficient (Wildman–Crippen LogP) is 3.80. The summed E-state index contributed by atoms with van der Waals surface area (Å²) in [4.78, 5) is 3.54. The van der Waals surface area contributed by atoms with E-state index in [1.165, 1.54) is 29.1 Å². The van der Waals surface area contributed by atoms with Gasteiger partial charge in [0.2, 0.25) is 5.82 Å². The summed E-state index contributed by atoms with van der Waals surface area (Å²) in [6, 6.07) is 7.19. The summed E-state index contributed by atoms with van der Waals surface area (Å²) < 4.78 is 48.0. The van der Waals surface area contributed by atoms with Crippen molar-refractivity contribution in [3.05, 3.63) is 71.2 Å². The average molecular weight is 436 g/mol. The molecule has 4 rings (SSSR count). The van der Waals surface area contributed by atoms with Gasteiger partial charge in [-0.3, -0.25) is 9.67 Å². The van der Waals surface area contributed by atoms with Crippen LogP contribution in [0, 0.1) is 17.1 Å². The fourth-order valence-corrected chi connectivity index (χ4v) is 3.15. The molecule has 0 aliphatic carbocycles. The van der Waals surface area contributed by atoms with E-state index in [0.29, 0.717) is 11.3 Å². The molecule has 0 atom stereocenters. The van der Waals surface area contributed by atoms with Crippen molar-refractivity contribution in [2.24, 2.45) is 12.0 Å². The molecule has 0 radical (unpaired) electrons. The minimum Gasteiger partial charge on any atom is -0.274 e. The number of alkyl halides is 2. The van der Waals surface area contributed by atoms with Crippen LogP contribution in [0.3, 0.4) is 0 Å². The van der Waals surface area contributed by atoms with Crippen LogP contribution in [0.5, 0.6) is 0 Å². The van der Waals surface area contributed by atoms with E-state index >= 15 is 8.78 Å². The molecule has 3 heterocycles. The van der Waals surface area contributed by atoms with Crippen molar-refractivity contribution in [3.63, 3.8) is 0 Å². The van der Waals surface area contributed by atoms with Gasteiger partial charge in [0.1, 0.15) is 17.6 Å². The molecule has 160 valence electrons. The molecule has 3 aromatic heterocycles. The molecule has 0 unspecified atom stereocenters. The van der Waals surface area contributed by atoms with Crippen LogP contribution in [-0.4, -0.2) is 36.3 Å². The molecule has 0 amide bonds. The molecule has 0 aliphatic heterocycles. The van der Waals surface area contributed by atoms with Crippen molar-refractivity contribution in [1.29, 1.82) is 5.26 Å². The first kappa shape index (κ1) is 20.9. The maximum Gasteiger partial charge on any atom is 0.336 e. The molecule has 0 fully saturated rings. The lowest BCUT2D eigenvalue weighted by Crippen LogP contribution is -2.22. The molecule has 32 heavy (non-hydrogen) atoms. The van der Waals surface area contributed by atoms with Gasteiger partial charge in [0.25, 0.3) is 0 Å². The fourth-order valence-electron chi connectivity index (χ4n) is 3.15. The molecular weight excluding hydrogens is 421 g/mol. The molecule has 0 bridgehead atoms. The van der Waals surface area contributed by atoms with Crippen LogP contribution < -0.4 is 0 Å². The first-order valence-electron chi connectivity index (χ1n) is 9.25.